The van der Waals surface area contributed by atoms with Gasteiger partial charge in [0.2, 0.25) is 0 Å². The minimum absolute atomic E-state index is 0.237. The lowest BCUT2D eigenvalue weighted by Gasteiger charge is -2.49. The van der Waals surface area contributed by atoms with Gasteiger partial charge in [-0.2, -0.15) is 0 Å². The first-order valence-electron chi connectivity index (χ1n) is 9.79. The van der Waals surface area contributed by atoms with E-state index in [0.29, 0.717) is 17.3 Å². The molecule has 2 bridgehead atoms. The fraction of sp³-hybridized carbons (Fsp3) is 0.652. The van der Waals surface area contributed by atoms with Gasteiger partial charge in [0.25, 0.3) is 0 Å². The molecule has 132 valence electrons. The van der Waals surface area contributed by atoms with Crippen molar-refractivity contribution in [3.8, 4) is 0 Å². The van der Waals surface area contributed by atoms with Gasteiger partial charge in [0.05, 0.1) is 0 Å². The third kappa shape index (κ3) is 2.70. The number of para-hydroxylation sites is 1. The summed E-state index contributed by atoms with van der Waals surface area (Å²) >= 11 is 0. The van der Waals surface area contributed by atoms with E-state index < -0.39 is 0 Å². The summed E-state index contributed by atoms with van der Waals surface area (Å²) in [5.41, 5.74) is 5.07. The number of anilines is 1. The van der Waals surface area contributed by atoms with E-state index in [1.54, 1.807) is 0 Å². The predicted molar refractivity (Wildman–Crippen MR) is 106 cm³/mol. The summed E-state index contributed by atoms with van der Waals surface area (Å²) < 4.78 is 0. The molecule has 0 radical (unpaired) electrons. The van der Waals surface area contributed by atoms with Gasteiger partial charge in [-0.3, -0.25) is 0 Å². The maximum atomic E-state index is 2.66. The van der Waals surface area contributed by atoms with Crippen molar-refractivity contribution in [3.63, 3.8) is 0 Å². The molecule has 1 aromatic carbocycles. The zero-order chi connectivity index (χ0) is 17.7. The summed E-state index contributed by atoms with van der Waals surface area (Å²) in [6.07, 6.45) is 8.81. The Morgan fingerprint density at radius 2 is 1.58 bits per heavy atom. The van der Waals surface area contributed by atoms with Crippen molar-refractivity contribution in [2.24, 2.45) is 11.3 Å². The van der Waals surface area contributed by atoms with Gasteiger partial charge < -0.3 is 4.90 Å². The van der Waals surface area contributed by atoms with Crippen LogP contribution in [0.3, 0.4) is 0 Å². The van der Waals surface area contributed by atoms with E-state index in [2.05, 4.69) is 83.8 Å². The Kier molecular flexibility index (Phi) is 4.35. The normalized spacial score (nSPS) is 32.7. The molecule has 3 atom stereocenters. The van der Waals surface area contributed by atoms with Crippen LogP contribution in [-0.2, 0) is 0 Å². The summed E-state index contributed by atoms with van der Waals surface area (Å²) in [7, 11) is 0. The third-order valence-electron chi connectivity index (χ3n) is 6.84. The zero-order valence-corrected chi connectivity index (χ0v) is 16.7. The molecule has 1 aromatic rings. The average molecular weight is 326 g/mol. The number of allylic oxidation sites excluding steroid dienone is 1. The van der Waals surface area contributed by atoms with Gasteiger partial charge in [0.1, 0.15) is 0 Å². The Hall–Kier alpha value is -1.24. The van der Waals surface area contributed by atoms with Gasteiger partial charge in [-0.15, -0.1) is 0 Å². The van der Waals surface area contributed by atoms with Gasteiger partial charge in [0.15, 0.2) is 0 Å². The number of fused-ring (bicyclic) bond motifs is 3. The summed E-state index contributed by atoms with van der Waals surface area (Å²) in [5.74, 6) is 1.83. The molecule has 4 rings (SSSR count). The fourth-order valence-corrected chi connectivity index (χ4v) is 4.81. The molecule has 0 aromatic heterocycles. The Labute approximate surface area is 149 Å². The molecular formula is C23H35N. The second-order valence-electron chi connectivity index (χ2n) is 9.39. The quantitative estimate of drug-likeness (QED) is 0.587. The molecule has 2 heterocycles. The second kappa shape index (κ2) is 5.93. The van der Waals surface area contributed by atoms with Crippen LogP contribution >= 0.6 is 0 Å². The van der Waals surface area contributed by atoms with Crippen LogP contribution in [0.2, 0.25) is 0 Å². The molecule has 1 heteroatoms. The number of nitrogens with zero attached hydrogens (tertiary/aromatic N) is 1. The minimum atomic E-state index is 0.237. The maximum Gasteiger partial charge on any atom is 0.0481 e. The third-order valence-corrected chi connectivity index (χ3v) is 6.84. The topological polar surface area (TPSA) is 3.24 Å². The van der Waals surface area contributed by atoms with E-state index in [-0.39, 0.29) is 5.54 Å². The standard InChI is InChI=1S/C23H35N/c1-16(2)19-9-8-10-20(17(3)4)21(19)24-14-13-22(6)11-12-23(24,7)15-18(22)5/h8-10,13-14,16-18H,11-12,15H2,1-7H3/t18-,22?,23?/m0/s1. The van der Waals surface area contributed by atoms with Crippen molar-refractivity contribution in [1.29, 1.82) is 0 Å². The van der Waals surface area contributed by atoms with E-state index in [0.717, 1.165) is 5.92 Å². The van der Waals surface area contributed by atoms with Gasteiger partial charge in [-0.05, 0) is 60.5 Å². The molecular weight excluding hydrogens is 290 g/mol. The van der Waals surface area contributed by atoms with Crippen LogP contribution in [0, 0.1) is 11.3 Å². The van der Waals surface area contributed by atoms with Crippen molar-refractivity contribution in [2.75, 3.05) is 4.90 Å². The number of benzene rings is 1. The van der Waals surface area contributed by atoms with Gasteiger partial charge in [-0.1, -0.05) is 65.8 Å². The number of rotatable bonds is 3. The van der Waals surface area contributed by atoms with Crippen LogP contribution < -0.4 is 4.90 Å². The highest BCUT2D eigenvalue weighted by molar-refractivity contribution is 5.66. The van der Waals surface area contributed by atoms with Crippen LogP contribution in [0.4, 0.5) is 5.69 Å². The molecule has 1 nitrogen and oxygen atoms in total. The average Bonchev–Trinajstić information content (AvgIpc) is 2.69. The minimum Gasteiger partial charge on any atom is -0.342 e. The summed E-state index contributed by atoms with van der Waals surface area (Å²) in [6, 6.07) is 6.93. The highest BCUT2D eigenvalue weighted by Gasteiger charge is 2.47. The van der Waals surface area contributed by atoms with Gasteiger partial charge in [0, 0.05) is 17.4 Å². The molecule has 24 heavy (non-hydrogen) atoms. The van der Waals surface area contributed by atoms with Crippen molar-refractivity contribution in [2.45, 2.75) is 85.1 Å². The van der Waals surface area contributed by atoms with Crippen LogP contribution in [0.25, 0.3) is 0 Å². The molecule has 1 fully saturated rings. The van der Waals surface area contributed by atoms with E-state index in [1.807, 2.05) is 0 Å². The Bertz CT molecular complexity index is 615. The first-order valence-corrected chi connectivity index (χ1v) is 9.79. The van der Waals surface area contributed by atoms with Crippen molar-refractivity contribution in [3.05, 3.63) is 41.6 Å². The monoisotopic (exact) mass is 325 g/mol. The number of hydrogen-bond donors (Lipinski definition) is 0. The second-order valence-corrected chi connectivity index (χ2v) is 9.39. The highest BCUT2D eigenvalue weighted by Crippen LogP contribution is 2.53. The molecule has 0 spiro atoms. The van der Waals surface area contributed by atoms with Gasteiger partial charge in [-0.25, -0.2) is 0 Å². The summed E-state index contributed by atoms with van der Waals surface area (Å²) in [4.78, 5) is 2.66. The highest BCUT2D eigenvalue weighted by atomic mass is 15.2. The summed E-state index contributed by atoms with van der Waals surface area (Å²) in [5, 5.41) is 0. The Balaban J connectivity index is 2.20. The fourth-order valence-electron chi connectivity index (χ4n) is 4.81. The van der Waals surface area contributed by atoms with Crippen molar-refractivity contribution >= 4 is 5.69 Å². The van der Waals surface area contributed by atoms with Crippen molar-refractivity contribution < 1.29 is 0 Å². The molecule has 1 aliphatic carbocycles. The van der Waals surface area contributed by atoms with Crippen LogP contribution in [-0.4, -0.2) is 5.54 Å². The smallest absolute Gasteiger partial charge is 0.0481 e. The Morgan fingerprint density at radius 1 is 1.00 bits per heavy atom. The summed E-state index contributed by atoms with van der Waals surface area (Å²) in [6.45, 7) is 16.7. The SMILES string of the molecule is CC(C)c1cccc(C(C)C)c1N1C=CC2(C)CCC1(C)C[C@@H]2C. The molecule has 0 amide bonds. The largest absolute Gasteiger partial charge is 0.342 e. The lowest BCUT2D eigenvalue weighted by Crippen LogP contribution is -2.48. The maximum absolute atomic E-state index is 2.66. The van der Waals surface area contributed by atoms with Gasteiger partial charge >= 0.3 is 0 Å². The lowest BCUT2D eigenvalue weighted by molar-refractivity contribution is 0.137. The van der Waals surface area contributed by atoms with E-state index >= 15 is 0 Å². The van der Waals surface area contributed by atoms with Crippen molar-refractivity contribution in [1.82, 2.24) is 0 Å². The molecule has 1 saturated carbocycles. The molecule has 3 aliphatic rings. The Morgan fingerprint density at radius 3 is 2.08 bits per heavy atom. The zero-order valence-electron chi connectivity index (χ0n) is 16.7. The number of hydrogen-bond acceptors (Lipinski definition) is 1. The molecule has 2 unspecified atom stereocenters. The van der Waals surface area contributed by atoms with Crippen LogP contribution in [0.5, 0.6) is 0 Å². The molecule has 2 aliphatic heterocycles. The van der Waals surface area contributed by atoms with E-state index in [1.165, 1.54) is 36.1 Å². The van der Waals surface area contributed by atoms with E-state index in [9.17, 15) is 0 Å². The molecule has 0 N–H and O–H groups in total. The first kappa shape index (κ1) is 17.6. The first-order chi connectivity index (χ1) is 11.2. The van der Waals surface area contributed by atoms with E-state index in [4.69, 9.17) is 0 Å². The van der Waals surface area contributed by atoms with Crippen LogP contribution in [0.1, 0.15) is 90.7 Å². The lowest BCUT2D eigenvalue weighted by atomic mass is 9.63. The predicted octanol–water partition coefficient (Wildman–Crippen LogP) is 6.85. The molecule has 0 saturated heterocycles. The van der Waals surface area contributed by atoms with Crippen LogP contribution in [0.15, 0.2) is 30.5 Å².